The van der Waals surface area contributed by atoms with E-state index in [1.807, 2.05) is 0 Å². The summed E-state index contributed by atoms with van der Waals surface area (Å²) in [6.45, 7) is 3.80. The highest BCUT2D eigenvalue weighted by atomic mass is 16.4. The Bertz CT molecular complexity index is 225. The lowest BCUT2D eigenvalue weighted by Gasteiger charge is -2.38. The van der Waals surface area contributed by atoms with Gasteiger partial charge in [-0.3, -0.25) is 4.79 Å². The van der Waals surface area contributed by atoms with E-state index in [-0.39, 0.29) is 0 Å². The van der Waals surface area contributed by atoms with Crippen LogP contribution in [0.3, 0.4) is 0 Å². The fourth-order valence-corrected chi connectivity index (χ4v) is 2.87. The van der Waals surface area contributed by atoms with Crippen LogP contribution < -0.4 is 0 Å². The average molecular weight is 214 g/mol. The van der Waals surface area contributed by atoms with Crippen molar-refractivity contribution >= 4 is 5.97 Å². The predicted octanol–water partition coefficient (Wildman–Crippen LogP) is 2.43. The summed E-state index contributed by atoms with van der Waals surface area (Å²) in [5, 5.41) is 18.8. The van der Waals surface area contributed by atoms with Crippen molar-refractivity contribution in [1.29, 1.82) is 0 Å². The van der Waals surface area contributed by atoms with Crippen molar-refractivity contribution < 1.29 is 15.0 Å². The van der Waals surface area contributed by atoms with Crippen molar-refractivity contribution in [3.8, 4) is 0 Å². The molecule has 3 unspecified atom stereocenters. The van der Waals surface area contributed by atoms with Crippen LogP contribution in [-0.2, 0) is 4.79 Å². The van der Waals surface area contributed by atoms with Gasteiger partial charge in [0.1, 0.15) is 0 Å². The maximum absolute atomic E-state index is 11.4. The molecule has 0 aromatic heterocycles. The Morgan fingerprint density at radius 3 is 2.73 bits per heavy atom. The van der Waals surface area contributed by atoms with Crippen LogP contribution in [0.5, 0.6) is 0 Å². The molecule has 15 heavy (non-hydrogen) atoms. The Hall–Kier alpha value is -0.570. The Morgan fingerprint density at radius 1 is 1.60 bits per heavy atom. The van der Waals surface area contributed by atoms with Crippen LogP contribution >= 0.6 is 0 Å². The van der Waals surface area contributed by atoms with Crippen LogP contribution in [0.25, 0.3) is 0 Å². The number of aliphatic hydroxyl groups excluding tert-OH is 1. The Morgan fingerprint density at radius 2 is 2.27 bits per heavy atom. The molecular formula is C12H22O3. The molecule has 2 N–H and O–H groups in total. The highest BCUT2D eigenvalue weighted by Crippen LogP contribution is 2.44. The van der Waals surface area contributed by atoms with Crippen LogP contribution in [-0.4, -0.2) is 22.3 Å². The lowest BCUT2D eigenvalue weighted by molar-refractivity contribution is -0.154. The molecule has 1 aliphatic rings. The molecule has 0 aliphatic heterocycles. The lowest BCUT2D eigenvalue weighted by atomic mass is 9.66. The van der Waals surface area contributed by atoms with Gasteiger partial charge in [-0.2, -0.15) is 0 Å². The molecule has 1 saturated carbocycles. The average Bonchev–Trinajstić information content (AvgIpc) is 2.16. The zero-order valence-corrected chi connectivity index (χ0v) is 9.70. The first-order chi connectivity index (χ1) is 7.00. The number of carboxylic acid groups (broad SMARTS) is 1. The topological polar surface area (TPSA) is 57.5 Å². The molecule has 0 aromatic carbocycles. The summed E-state index contributed by atoms with van der Waals surface area (Å²) in [5.41, 5.74) is -0.660. The third kappa shape index (κ3) is 2.94. The molecule has 0 saturated heterocycles. The Kier molecular flexibility index (Phi) is 4.14. The maximum atomic E-state index is 11.4. The number of carbonyl (C=O) groups is 1. The molecule has 1 aliphatic carbocycles. The van der Waals surface area contributed by atoms with Gasteiger partial charge in [0.2, 0.25) is 0 Å². The molecule has 1 rings (SSSR count). The molecule has 0 bridgehead atoms. The van der Waals surface area contributed by atoms with Crippen LogP contribution in [0.15, 0.2) is 0 Å². The molecule has 3 nitrogen and oxygen atoms in total. The van der Waals surface area contributed by atoms with Gasteiger partial charge in [0.15, 0.2) is 0 Å². The largest absolute Gasteiger partial charge is 0.481 e. The summed E-state index contributed by atoms with van der Waals surface area (Å²) >= 11 is 0. The fourth-order valence-electron chi connectivity index (χ4n) is 2.87. The van der Waals surface area contributed by atoms with E-state index in [9.17, 15) is 15.0 Å². The van der Waals surface area contributed by atoms with Crippen LogP contribution in [0.4, 0.5) is 0 Å². The van der Waals surface area contributed by atoms with E-state index in [1.165, 1.54) is 0 Å². The zero-order valence-electron chi connectivity index (χ0n) is 9.70. The van der Waals surface area contributed by atoms with Gasteiger partial charge in [-0.25, -0.2) is 0 Å². The highest BCUT2D eigenvalue weighted by Gasteiger charge is 2.42. The number of hydrogen-bond acceptors (Lipinski definition) is 2. The van der Waals surface area contributed by atoms with E-state index < -0.39 is 17.5 Å². The quantitative estimate of drug-likeness (QED) is 0.755. The third-order valence-electron chi connectivity index (χ3n) is 3.66. The van der Waals surface area contributed by atoms with Crippen molar-refractivity contribution in [2.45, 2.75) is 58.5 Å². The molecule has 3 atom stereocenters. The van der Waals surface area contributed by atoms with Crippen molar-refractivity contribution in [3.63, 3.8) is 0 Å². The molecule has 3 heteroatoms. The van der Waals surface area contributed by atoms with Gasteiger partial charge in [-0.05, 0) is 32.1 Å². The van der Waals surface area contributed by atoms with Gasteiger partial charge < -0.3 is 10.2 Å². The first-order valence-electron chi connectivity index (χ1n) is 5.91. The van der Waals surface area contributed by atoms with Crippen LogP contribution in [0, 0.1) is 11.3 Å². The molecule has 0 radical (unpaired) electrons. The van der Waals surface area contributed by atoms with E-state index in [2.05, 4.69) is 6.92 Å². The molecule has 0 amide bonds. The molecule has 1 fully saturated rings. The summed E-state index contributed by atoms with van der Waals surface area (Å²) in [6, 6.07) is 0. The second kappa shape index (κ2) is 4.97. The van der Waals surface area contributed by atoms with Gasteiger partial charge in [-0.1, -0.05) is 26.2 Å². The van der Waals surface area contributed by atoms with Gasteiger partial charge in [-0.15, -0.1) is 0 Å². The standard InChI is InChI=1S/C12H22O3/c1-3-10-5-4-6-12(8-10,11(14)15)7-9(2)13/h9-10,13H,3-8H2,1-2H3,(H,14,15). The van der Waals surface area contributed by atoms with Crippen LogP contribution in [0.2, 0.25) is 0 Å². The first-order valence-corrected chi connectivity index (χ1v) is 5.91. The number of aliphatic hydroxyl groups is 1. The monoisotopic (exact) mass is 214 g/mol. The van der Waals surface area contributed by atoms with Gasteiger partial charge in [0.25, 0.3) is 0 Å². The summed E-state index contributed by atoms with van der Waals surface area (Å²) in [4.78, 5) is 11.4. The first kappa shape index (κ1) is 12.5. The Balaban J connectivity index is 2.75. The second-order valence-electron chi connectivity index (χ2n) is 5.01. The molecule has 0 spiro atoms. The fraction of sp³-hybridized carbons (Fsp3) is 0.917. The normalized spacial score (nSPS) is 33.7. The van der Waals surface area contributed by atoms with E-state index in [1.54, 1.807) is 6.92 Å². The summed E-state index contributed by atoms with van der Waals surface area (Å²) in [6.07, 6.45) is 4.53. The predicted molar refractivity (Wildman–Crippen MR) is 58.6 cm³/mol. The van der Waals surface area contributed by atoms with E-state index in [0.29, 0.717) is 12.3 Å². The van der Waals surface area contributed by atoms with E-state index >= 15 is 0 Å². The zero-order chi connectivity index (χ0) is 11.5. The SMILES string of the molecule is CCC1CCCC(CC(C)O)(C(=O)O)C1. The van der Waals surface area contributed by atoms with Gasteiger partial charge in [0, 0.05) is 0 Å². The van der Waals surface area contributed by atoms with E-state index in [4.69, 9.17) is 0 Å². The smallest absolute Gasteiger partial charge is 0.309 e. The lowest BCUT2D eigenvalue weighted by Crippen LogP contribution is -2.38. The maximum Gasteiger partial charge on any atom is 0.309 e. The molecular weight excluding hydrogens is 192 g/mol. The summed E-state index contributed by atoms with van der Waals surface area (Å²) < 4.78 is 0. The van der Waals surface area contributed by atoms with Gasteiger partial charge >= 0.3 is 5.97 Å². The minimum Gasteiger partial charge on any atom is -0.481 e. The van der Waals surface area contributed by atoms with Crippen molar-refractivity contribution in [2.75, 3.05) is 0 Å². The van der Waals surface area contributed by atoms with E-state index in [0.717, 1.165) is 32.1 Å². The van der Waals surface area contributed by atoms with Crippen LogP contribution in [0.1, 0.15) is 52.4 Å². The number of aliphatic carboxylic acids is 1. The van der Waals surface area contributed by atoms with Crippen molar-refractivity contribution in [2.24, 2.45) is 11.3 Å². The molecule has 0 heterocycles. The molecule has 0 aromatic rings. The van der Waals surface area contributed by atoms with Crippen molar-refractivity contribution in [1.82, 2.24) is 0 Å². The van der Waals surface area contributed by atoms with Crippen molar-refractivity contribution in [3.05, 3.63) is 0 Å². The summed E-state index contributed by atoms with van der Waals surface area (Å²) in [5.74, 6) is -0.199. The summed E-state index contributed by atoms with van der Waals surface area (Å²) in [7, 11) is 0. The second-order valence-corrected chi connectivity index (χ2v) is 5.01. The third-order valence-corrected chi connectivity index (χ3v) is 3.66. The number of carboxylic acids is 1. The highest BCUT2D eigenvalue weighted by molar-refractivity contribution is 5.74. The number of hydrogen-bond donors (Lipinski definition) is 2. The number of rotatable bonds is 4. The minimum absolute atomic E-state index is 0.402. The minimum atomic E-state index is -0.721. The Labute approximate surface area is 91.5 Å². The molecule has 88 valence electrons. The van der Waals surface area contributed by atoms with Gasteiger partial charge in [0.05, 0.1) is 11.5 Å².